The first-order chi connectivity index (χ1) is 13.1. The zero-order valence-electron chi connectivity index (χ0n) is 14.8. The predicted molar refractivity (Wildman–Crippen MR) is 98.1 cm³/mol. The van der Waals surface area contributed by atoms with Crippen LogP contribution in [0.4, 0.5) is 4.39 Å². The van der Waals surface area contributed by atoms with Crippen molar-refractivity contribution < 1.29 is 13.6 Å². The van der Waals surface area contributed by atoms with Crippen molar-refractivity contribution in [2.75, 3.05) is 6.54 Å². The van der Waals surface area contributed by atoms with Gasteiger partial charge in [-0.25, -0.2) is 8.91 Å². The van der Waals surface area contributed by atoms with E-state index >= 15 is 0 Å². The van der Waals surface area contributed by atoms with Crippen molar-refractivity contribution in [3.63, 3.8) is 0 Å². The highest BCUT2D eigenvalue weighted by molar-refractivity contribution is 5.99. The van der Waals surface area contributed by atoms with E-state index in [1.807, 2.05) is 29.9 Å². The molecule has 0 saturated heterocycles. The molecular formula is C20H19FN4O2. The van der Waals surface area contributed by atoms with Gasteiger partial charge in [0.1, 0.15) is 22.8 Å². The van der Waals surface area contributed by atoms with Gasteiger partial charge < -0.3 is 14.3 Å². The molecule has 0 unspecified atom stereocenters. The molecule has 0 aliphatic carbocycles. The summed E-state index contributed by atoms with van der Waals surface area (Å²) in [5.74, 6) is 0.261. The summed E-state index contributed by atoms with van der Waals surface area (Å²) >= 11 is 0. The van der Waals surface area contributed by atoms with Crippen LogP contribution in [0.25, 0.3) is 5.65 Å². The topological polar surface area (TPSA) is 64.5 Å². The summed E-state index contributed by atoms with van der Waals surface area (Å²) < 4.78 is 22.3. The first-order valence-electron chi connectivity index (χ1n) is 8.69. The lowest BCUT2D eigenvalue weighted by Crippen LogP contribution is -2.26. The van der Waals surface area contributed by atoms with Gasteiger partial charge in [-0.15, -0.1) is 0 Å². The number of halogens is 1. The Morgan fingerprint density at radius 2 is 2.07 bits per heavy atom. The molecule has 27 heavy (non-hydrogen) atoms. The highest BCUT2D eigenvalue weighted by Crippen LogP contribution is 2.28. The second kappa shape index (κ2) is 7.11. The quantitative estimate of drug-likeness (QED) is 0.569. The van der Waals surface area contributed by atoms with E-state index in [1.165, 1.54) is 12.1 Å². The molecular weight excluding hydrogens is 347 g/mol. The smallest absolute Gasteiger partial charge is 0.256 e. The lowest BCUT2D eigenvalue weighted by molar-refractivity contribution is 0.0953. The van der Waals surface area contributed by atoms with Crippen LogP contribution in [-0.2, 0) is 7.05 Å². The normalized spacial score (nSPS) is 12.4. The van der Waals surface area contributed by atoms with Crippen LogP contribution in [0.3, 0.4) is 0 Å². The molecule has 0 aliphatic heterocycles. The van der Waals surface area contributed by atoms with Crippen molar-refractivity contribution in [3.05, 3.63) is 84.0 Å². The first-order valence-corrected chi connectivity index (χ1v) is 8.69. The number of furan rings is 1. The molecule has 3 aromatic heterocycles. The zero-order valence-corrected chi connectivity index (χ0v) is 14.8. The van der Waals surface area contributed by atoms with Gasteiger partial charge in [-0.05, 0) is 36.2 Å². The Morgan fingerprint density at radius 1 is 1.26 bits per heavy atom. The molecule has 1 amide bonds. The number of hydrogen-bond donors (Lipinski definition) is 1. The number of fused-ring (bicyclic) bond motifs is 1. The van der Waals surface area contributed by atoms with Gasteiger partial charge in [0.05, 0.1) is 12.5 Å². The number of imidazole rings is 1. The van der Waals surface area contributed by atoms with Crippen molar-refractivity contribution in [2.45, 2.75) is 12.3 Å². The molecule has 4 rings (SSSR count). The van der Waals surface area contributed by atoms with Crippen molar-refractivity contribution in [1.29, 1.82) is 0 Å². The van der Waals surface area contributed by atoms with Gasteiger partial charge in [0.2, 0.25) is 0 Å². The Hall–Kier alpha value is -3.35. The minimum Gasteiger partial charge on any atom is -0.469 e. The lowest BCUT2D eigenvalue weighted by atomic mass is 9.93. The molecule has 0 spiro atoms. The van der Waals surface area contributed by atoms with Gasteiger partial charge in [-0.3, -0.25) is 4.79 Å². The van der Waals surface area contributed by atoms with Crippen molar-refractivity contribution in [2.24, 2.45) is 7.05 Å². The average Bonchev–Trinajstić information content (AvgIpc) is 3.39. The fourth-order valence-corrected chi connectivity index (χ4v) is 3.29. The van der Waals surface area contributed by atoms with E-state index in [-0.39, 0.29) is 17.6 Å². The highest BCUT2D eigenvalue weighted by atomic mass is 19.1. The van der Waals surface area contributed by atoms with Crippen molar-refractivity contribution in [1.82, 2.24) is 19.5 Å². The predicted octanol–water partition coefficient (Wildman–Crippen LogP) is 3.36. The largest absolute Gasteiger partial charge is 0.469 e. The summed E-state index contributed by atoms with van der Waals surface area (Å²) in [5.41, 5.74) is 2.21. The first kappa shape index (κ1) is 17.1. The van der Waals surface area contributed by atoms with E-state index in [0.717, 1.165) is 17.0 Å². The lowest BCUT2D eigenvalue weighted by Gasteiger charge is -2.15. The van der Waals surface area contributed by atoms with Gasteiger partial charge in [-0.2, -0.15) is 5.10 Å². The van der Waals surface area contributed by atoms with Crippen LogP contribution in [0.1, 0.15) is 34.0 Å². The number of rotatable bonds is 6. The van der Waals surface area contributed by atoms with Gasteiger partial charge in [-0.1, -0.05) is 12.1 Å². The molecule has 4 aromatic rings. The Labute approximate surface area is 155 Å². The van der Waals surface area contributed by atoms with Crippen LogP contribution < -0.4 is 5.32 Å². The average molecular weight is 366 g/mol. The minimum atomic E-state index is -0.280. The maximum Gasteiger partial charge on any atom is 0.256 e. The minimum absolute atomic E-state index is 0.0666. The molecule has 3 heterocycles. The Bertz CT molecular complexity index is 1050. The molecule has 7 heteroatoms. The number of carbonyl (C=O) groups excluding carboxylic acids is 1. The fourth-order valence-electron chi connectivity index (χ4n) is 3.29. The van der Waals surface area contributed by atoms with Crippen LogP contribution in [0, 0.1) is 5.82 Å². The molecule has 0 bridgehead atoms. The van der Waals surface area contributed by atoms with Crippen LogP contribution >= 0.6 is 0 Å². The van der Waals surface area contributed by atoms with Crippen molar-refractivity contribution in [3.8, 4) is 0 Å². The van der Waals surface area contributed by atoms with Crippen LogP contribution in [-0.4, -0.2) is 26.6 Å². The number of carbonyl (C=O) groups is 1. The summed E-state index contributed by atoms with van der Waals surface area (Å²) in [6, 6.07) is 10.1. The van der Waals surface area contributed by atoms with Gasteiger partial charge in [0.15, 0.2) is 0 Å². The number of aromatic nitrogens is 3. The molecule has 0 radical (unpaired) electrons. The van der Waals surface area contributed by atoms with Gasteiger partial charge >= 0.3 is 0 Å². The third-order valence-electron chi connectivity index (χ3n) is 4.66. The summed E-state index contributed by atoms with van der Waals surface area (Å²) in [7, 11) is 1.87. The Balaban J connectivity index is 1.47. The highest BCUT2D eigenvalue weighted by Gasteiger charge is 2.19. The second-order valence-corrected chi connectivity index (χ2v) is 6.40. The molecule has 1 atom stereocenters. The number of nitrogens with zero attached hydrogens (tertiary/aromatic N) is 3. The van der Waals surface area contributed by atoms with E-state index in [4.69, 9.17) is 4.42 Å². The number of aryl methyl sites for hydroxylation is 1. The molecule has 1 aromatic carbocycles. The molecule has 0 fully saturated rings. The summed E-state index contributed by atoms with van der Waals surface area (Å²) in [5, 5.41) is 7.13. The second-order valence-electron chi connectivity index (χ2n) is 6.40. The maximum absolute atomic E-state index is 13.3. The maximum atomic E-state index is 13.3. The monoisotopic (exact) mass is 366 g/mol. The Kier molecular flexibility index (Phi) is 4.50. The number of amides is 1. The molecule has 0 saturated carbocycles. The summed E-state index contributed by atoms with van der Waals surface area (Å²) in [4.78, 5) is 12.6. The van der Waals surface area contributed by atoms with Crippen LogP contribution in [0.2, 0.25) is 0 Å². The number of nitrogens with one attached hydrogen (secondary N) is 1. The number of benzene rings is 1. The zero-order chi connectivity index (χ0) is 18.8. The molecule has 138 valence electrons. The molecule has 1 N–H and O–H groups in total. The van der Waals surface area contributed by atoms with Crippen LogP contribution in [0.5, 0.6) is 0 Å². The van der Waals surface area contributed by atoms with E-state index < -0.39 is 0 Å². The van der Waals surface area contributed by atoms with E-state index in [0.29, 0.717) is 18.5 Å². The third kappa shape index (κ3) is 3.36. The van der Waals surface area contributed by atoms with Gasteiger partial charge in [0, 0.05) is 31.9 Å². The summed E-state index contributed by atoms with van der Waals surface area (Å²) in [6.45, 7) is 0.448. The van der Waals surface area contributed by atoms with Crippen LogP contribution in [0.15, 0.2) is 65.7 Å². The van der Waals surface area contributed by atoms with E-state index in [9.17, 15) is 9.18 Å². The third-order valence-corrected chi connectivity index (χ3v) is 4.66. The molecule has 6 nitrogen and oxygen atoms in total. The Morgan fingerprint density at radius 3 is 2.81 bits per heavy atom. The van der Waals surface area contributed by atoms with Gasteiger partial charge in [0.25, 0.3) is 5.91 Å². The molecule has 0 aliphatic rings. The van der Waals surface area contributed by atoms with E-state index in [2.05, 4.69) is 10.4 Å². The SMILES string of the molecule is Cn1ccn2ncc(C(=O)NCC[C@@H](c3ccc(F)cc3)c3ccco3)c12. The standard InChI is InChI=1S/C20H19FN4O2/c1-24-10-11-25-20(24)17(13-23-25)19(26)22-9-8-16(18-3-2-12-27-18)14-4-6-15(21)7-5-14/h2-7,10-13,16H,8-9H2,1H3,(H,22,26)/t16-/m0/s1. The summed E-state index contributed by atoms with van der Waals surface area (Å²) in [6.07, 6.45) is 7.45. The fraction of sp³-hybridized carbons (Fsp3) is 0.200. The van der Waals surface area contributed by atoms with Crippen molar-refractivity contribution >= 4 is 11.6 Å². The van der Waals surface area contributed by atoms with E-state index in [1.54, 1.807) is 35.3 Å². The number of hydrogen-bond acceptors (Lipinski definition) is 3.